The summed E-state index contributed by atoms with van der Waals surface area (Å²) >= 11 is 0. The molecule has 0 unspecified atom stereocenters. The highest BCUT2D eigenvalue weighted by atomic mass is 16.5. The first-order chi connectivity index (χ1) is 17.6. The minimum atomic E-state index is -0.589. The summed E-state index contributed by atoms with van der Waals surface area (Å²) in [6.45, 7) is 3.12. The van der Waals surface area contributed by atoms with E-state index in [0.29, 0.717) is 36.8 Å². The zero-order valence-electron chi connectivity index (χ0n) is 20.7. The van der Waals surface area contributed by atoms with Gasteiger partial charge >= 0.3 is 5.97 Å². The van der Waals surface area contributed by atoms with Crippen LogP contribution in [0.15, 0.2) is 66.2 Å². The summed E-state index contributed by atoms with van der Waals surface area (Å²) in [5, 5.41) is 13.1. The maximum Gasteiger partial charge on any atom is 0.334 e. The molecule has 6 heteroatoms. The molecule has 0 bridgehead atoms. The van der Waals surface area contributed by atoms with Crippen molar-refractivity contribution in [1.29, 1.82) is 0 Å². The molecule has 2 fully saturated rings. The molecule has 0 aromatic heterocycles. The fraction of sp³-hybridized carbons (Fsp3) is 0.367. The van der Waals surface area contributed by atoms with Gasteiger partial charge in [-0.3, -0.25) is 0 Å². The van der Waals surface area contributed by atoms with Crippen molar-refractivity contribution in [2.24, 2.45) is 0 Å². The van der Waals surface area contributed by atoms with Gasteiger partial charge in [-0.15, -0.1) is 0 Å². The second-order valence-corrected chi connectivity index (χ2v) is 9.61. The van der Waals surface area contributed by atoms with Crippen molar-refractivity contribution < 1.29 is 24.1 Å². The highest BCUT2D eigenvalue weighted by molar-refractivity contribution is 5.95. The molecule has 6 nitrogen and oxygen atoms in total. The van der Waals surface area contributed by atoms with Gasteiger partial charge in [0.25, 0.3) is 0 Å². The van der Waals surface area contributed by atoms with E-state index in [1.54, 1.807) is 7.11 Å². The van der Waals surface area contributed by atoms with Gasteiger partial charge in [-0.25, -0.2) is 4.79 Å². The number of hydrogen-bond donors (Lipinski definition) is 1. The molecule has 2 heterocycles. The van der Waals surface area contributed by atoms with Gasteiger partial charge in [0.1, 0.15) is 24.2 Å². The van der Waals surface area contributed by atoms with Gasteiger partial charge in [-0.1, -0.05) is 42.5 Å². The smallest absolute Gasteiger partial charge is 0.334 e. The van der Waals surface area contributed by atoms with Crippen LogP contribution >= 0.6 is 0 Å². The van der Waals surface area contributed by atoms with Crippen molar-refractivity contribution in [1.82, 2.24) is 4.90 Å². The molecule has 0 aliphatic carbocycles. The van der Waals surface area contributed by atoms with Crippen LogP contribution in [0.5, 0.6) is 11.5 Å². The number of esters is 1. The summed E-state index contributed by atoms with van der Waals surface area (Å²) in [6, 6.07) is 20.5. The fourth-order valence-electron chi connectivity index (χ4n) is 5.11. The molecule has 36 heavy (non-hydrogen) atoms. The van der Waals surface area contributed by atoms with Gasteiger partial charge in [-0.05, 0) is 72.5 Å². The summed E-state index contributed by atoms with van der Waals surface area (Å²) in [7, 11) is 1.69. The van der Waals surface area contributed by atoms with Crippen LogP contribution in [0.4, 0.5) is 0 Å². The molecule has 2 saturated heterocycles. The number of rotatable bonds is 8. The van der Waals surface area contributed by atoms with Crippen LogP contribution in [0.2, 0.25) is 0 Å². The third kappa shape index (κ3) is 5.72. The number of carbonyl (C=O) groups excluding carboxylic acids is 1. The number of cyclic esters (lactones) is 1. The Morgan fingerprint density at radius 3 is 2.64 bits per heavy atom. The van der Waals surface area contributed by atoms with Crippen LogP contribution in [-0.2, 0) is 9.53 Å². The number of piperidine rings is 1. The highest BCUT2D eigenvalue weighted by Gasteiger charge is 2.23. The second kappa shape index (κ2) is 11.1. The number of para-hydroxylation sites is 1. The Bertz CT molecular complexity index is 1250. The fourth-order valence-corrected chi connectivity index (χ4v) is 5.11. The van der Waals surface area contributed by atoms with Crippen molar-refractivity contribution in [3.8, 4) is 11.5 Å². The Hall–Kier alpha value is -3.35. The number of aliphatic hydroxyl groups excluding tert-OH is 1. The van der Waals surface area contributed by atoms with Crippen LogP contribution in [0.1, 0.15) is 36.3 Å². The van der Waals surface area contributed by atoms with Gasteiger partial charge in [0, 0.05) is 24.1 Å². The maximum atomic E-state index is 11.8. The number of hydrogen-bond acceptors (Lipinski definition) is 6. The SMILES string of the molecule is COc1ccc2cc(C3CCN(C[C@H](O)COc4ccccc4/C=C4\CCOC4=O)CC3)ccc2c1. The molecular weight excluding hydrogens is 454 g/mol. The van der Waals surface area contributed by atoms with Crippen molar-refractivity contribution in [3.63, 3.8) is 0 Å². The summed E-state index contributed by atoms with van der Waals surface area (Å²) in [5.74, 6) is 1.81. The normalized spacial score (nSPS) is 18.9. The van der Waals surface area contributed by atoms with E-state index in [4.69, 9.17) is 14.2 Å². The van der Waals surface area contributed by atoms with E-state index < -0.39 is 6.10 Å². The highest BCUT2D eigenvalue weighted by Crippen LogP contribution is 2.31. The lowest BCUT2D eigenvalue weighted by Gasteiger charge is -2.33. The number of ether oxygens (including phenoxy) is 3. The minimum absolute atomic E-state index is 0.207. The Morgan fingerprint density at radius 1 is 1.08 bits per heavy atom. The van der Waals surface area contributed by atoms with Gasteiger partial charge in [0.15, 0.2) is 0 Å². The number of β-amino-alcohol motifs (C(OH)–C–C–N with tert-alkyl or cyclic N) is 1. The summed E-state index contributed by atoms with van der Waals surface area (Å²) in [4.78, 5) is 14.1. The molecule has 2 aliphatic rings. The number of carbonyl (C=O) groups is 1. The minimum Gasteiger partial charge on any atom is -0.497 e. The largest absolute Gasteiger partial charge is 0.497 e. The van der Waals surface area contributed by atoms with Crippen LogP contribution in [-0.4, -0.2) is 62.0 Å². The van der Waals surface area contributed by atoms with Gasteiger partial charge in [-0.2, -0.15) is 0 Å². The van der Waals surface area contributed by atoms with Crippen molar-refractivity contribution in [2.45, 2.75) is 31.3 Å². The van der Waals surface area contributed by atoms with E-state index in [0.717, 1.165) is 37.2 Å². The summed E-state index contributed by atoms with van der Waals surface area (Å²) < 4.78 is 16.3. The van der Waals surface area contributed by atoms with Crippen LogP contribution < -0.4 is 9.47 Å². The maximum absolute atomic E-state index is 11.8. The lowest BCUT2D eigenvalue weighted by molar-refractivity contribution is -0.134. The molecule has 0 saturated carbocycles. The lowest BCUT2D eigenvalue weighted by atomic mass is 9.88. The van der Waals surface area contributed by atoms with E-state index in [1.165, 1.54) is 16.3 Å². The molecule has 0 amide bonds. The molecule has 3 aromatic carbocycles. The molecule has 1 atom stereocenters. The van der Waals surface area contributed by atoms with Crippen LogP contribution in [0, 0.1) is 0 Å². The first-order valence-electron chi connectivity index (χ1n) is 12.7. The number of aliphatic hydroxyl groups is 1. The molecule has 0 radical (unpaired) electrons. The Kier molecular flexibility index (Phi) is 7.54. The Balaban J connectivity index is 1.12. The predicted molar refractivity (Wildman–Crippen MR) is 140 cm³/mol. The van der Waals surface area contributed by atoms with E-state index in [-0.39, 0.29) is 12.6 Å². The number of fused-ring (bicyclic) bond motifs is 1. The van der Waals surface area contributed by atoms with Crippen molar-refractivity contribution >= 4 is 22.8 Å². The average molecular weight is 488 g/mol. The summed E-state index contributed by atoms with van der Waals surface area (Å²) in [6.07, 6.45) is 3.99. The first kappa shape index (κ1) is 24.3. The zero-order valence-corrected chi connectivity index (χ0v) is 20.7. The van der Waals surface area contributed by atoms with Crippen LogP contribution in [0.3, 0.4) is 0 Å². The Morgan fingerprint density at radius 2 is 1.86 bits per heavy atom. The second-order valence-electron chi connectivity index (χ2n) is 9.61. The monoisotopic (exact) mass is 487 g/mol. The third-order valence-corrected chi connectivity index (χ3v) is 7.15. The Labute approximate surface area is 212 Å². The lowest BCUT2D eigenvalue weighted by Crippen LogP contribution is -2.40. The quantitative estimate of drug-likeness (QED) is 0.364. The predicted octanol–water partition coefficient (Wildman–Crippen LogP) is 4.80. The molecule has 0 spiro atoms. The first-order valence-corrected chi connectivity index (χ1v) is 12.7. The number of methoxy groups -OCH3 is 1. The van der Waals surface area contributed by atoms with E-state index >= 15 is 0 Å². The third-order valence-electron chi connectivity index (χ3n) is 7.15. The van der Waals surface area contributed by atoms with Crippen molar-refractivity contribution in [3.05, 3.63) is 77.4 Å². The number of likely N-dealkylation sites (tertiary alicyclic amines) is 1. The van der Waals surface area contributed by atoms with Crippen molar-refractivity contribution in [2.75, 3.05) is 40.0 Å². The van der Waals surface area contributed by atoms with E-state index in [2.05, 4.69) is 35.2 Å². The van der Waals surface area contributed by atoms with Crippen LogP contribution in [0.25, 0.3) is 16.8 Å². The standard InChI is InChI=1S/C30H33NO5/c1-34-28-9-8-23-16-22(6-7-24(23)18-28)21-10-13-31(14-11-21)19-27(32)20-36-29-5-3-2-4-25(29)17-26-12-15-35-30(26)33/h2-9,16-18,21,27,32H,10-15,19-20H2,1H3/b26-17+/t27-/m0/s1. The van der Waals surface area contributed by atoms with Gasteiger partial charge < -0.3 is 24.2 Å². The van der Waals surface area contributed by atoms with E-state index in [9.17, 15) is 9.90 Å². The topological polar surface area (TPSA) is 68.2 Å². The zero-order chi connectivity index (χ0) is 24.9. The average Bonchev–Trinajstić information content (AvgIpc) is 3.32. The molecule has 2 aliphatic heterocycles. The molecule has 188 valence electrons. The molecule has 3 aromatic rings. The molecule has 1 N–H and O–H groups in total. The van der Waals surface area contributed by atoms with Gasteiger partial charge in [0.2, 0.25) is 0 Å². The summed E-state index contributed by atoms with van der Waals surface area (Å²) in [5.41, 5.74) is 2.86. The molecular formula is C30H33NO5. The van der Waals surface area contributed by atoms with E-state index in [1.807, 2.05) is 36.4 Å². The number of benzene rings is 3. The number of nitrogens with zero attached hydrogens (tertiary/aromatic N) is 1. The van der Waals surface area contributed by atoms with Gasteiger partial charge in [0.05, 0.1) is 13.7 Å². The molecule has 5 rings (SSSR count).